The molecule has 27 heavy (non-hydrogen) atoms. The van der Waals surface area contributed by atoms with E-state index < -0.39 is 22.9 Å². The molecule has 8 heteroatoms. The third kappa shape index (κ3) is 4.27. The van der Waals surface area contributed by atoms with Crippen molar-refractivity contribution in [1.29, 1.82) is 0 Å². The number of imidazole rings is 1. The molecule has 0 saturated heterocycles. The Hall–Kier alpha value is -2.48. The molecular weight excluding hydrogens is 375 g/mol. The van der Waals surface area contributed by atoms with Crippen LogP contribution >= 0.6 is 11.8 Å². The highest BCUT2D eigenvalue weighted by Gasteiger charge is 2.34. The molecule has 1 amide bonds. The van der Waals surface area contributed by atoms with Gasteiger partial charge in [-0.3, -0.25) is 9.20 Å². The van der Waals surface area contributed by atoms with Gasteiger partial charge in [-0.1, -0.05) is 43.8 Å². The number of pyridine rings is 1. The highest BCUT2D eigenvalue weighted by atomic mass is 32.2. The van der Waals surface area contributed by atoms with E-state index in [2.05, 4.69) is 10.3 Å². The molecule has 0 spiro atoms. The number of anilines is 1. The monoisotopic (exact) mass is 393 g/mol. The van der Waals surface area contributed by atoms with Gasteiger partial charge in [0, 0.05) is 6.20 Å². The summed E-state index contributed by atoms with van der Waals surface area (Å²) in [5.74, 6) is -0.594. The maximum atomic E-state index is 13.2. The Morgan fingerprint density at radius 2 is 1.85 bits per heavy atom. The molecule has 0 radical (unpaired) electrons. The van der Waals surface area contributed by atoms with Crippen LogP contribution in [0.4, 0.5) is 18.9 Å². The Balaban J connectivity index is 1.85. The lowest BCUT2D eigenvalue weighted by molar-refractivity contribution is -0.137. The summed E-state index contributed by atoms with van der Waals surface area (Å²) in [4.78, 5) is 17.1. The van der Waals surface area contributed by atoms with Gasteiger partial charge in [0.1, 0.15) is 0 Å². The molecule has 1 N–H and O–H groups in total. The fourth-order valence-corrected chi connectivity index (χ4v) is 3.71. The molecule has 2 heterocycles. The van der Waals surface area contributed by atoms with Crippen LogP contribution in [-0.2, 0) is 11.0 Å². The van der Waals surface area contributed by atoms with E-state index in [4.69, 9.17) is 0 Å². The Bertz CT molecular complexity index is 953. The van der Waals surface area contributed by atoms with Crippen molar-refractivity contribution in [3.8, 4) is 0 Å². The van der Waals surface area contributed by atoms with Crippen molar-refractivity contribution in [2.75, 3.05) is 5.32 Å². The molecule has 4 nitrogen and oxygen atoms in total. The molecule has 1 atom stereocenters. The molecule has 0 aliphatic carbocycles. The van der Waals surface area contributed by atoms with Crippen molar-refractivity contribution in [1.82, 2.24) is 9.38 Å². The normalized spacial score (nSPS) is 13.1. The zero-order valence-corrected chi connectivity index (χ0v) is 15.5. The Labute approximate surface area is 158 Å². The Kier molecular flexibility index (Phi) is 5.46. The fraction of sp³-hybridized carbons (Fsp3) is 0.263. The number of benzene rings is 1. The summed E-state index contributed by atoms with van der Waals surface area (Å²) in [5.41, 5.74) is -0.225. The van der Waals surface area contributed by atoms with E-state index in [-0.39, 0.29) is 11.6 Å². The average Bonchev–Trinajstić information content (AvgIpc) is 3.02. The van der Waals surface area contributed by atoms with Gasteiger partial charge in [-0.05, 0) is 30.2 Å². The first-order chi connectivity index (χ1) is 12.8. The minimum Gasteiger partial charge on any atom is -0.325 e. The molecule has 1 aromatic carbocycles. The first kappa shape index (κ1) is 19.3. The van der Waals surface area contributed by atoms with Crippen molar-refractivity contribution in [2.45, 2.75) is 30.4 Å². The van der Waals surface area contributed by atoms with Gasteiger partial charge in [0.15, 0.2) is 5.16 Å². The van der Waals surface area contributed by atoms with Crippen LogP contribution in [0.3, 0.4) is 0 Å². The number of nitrogens with zero attached hydrogens (tertiary/aromatic N) is 2. The van der Waals surface area contributed by atoms with Gasteiger partial charge < -0.3 is 5.32 Å². The fourth-order valence-electron chi connectivity index (χ4n) is 2.66. The quantitative estimate of drug-likeness (QED) is 0.613. The molecule has 2 aromatic heterocycles. The van der Waals surface area contributed by atoms with Crippen LogP contribution in [0.5, 0.6) is 0 Å². The highest BCUT2D eigenvalue weighted by molar-refractivity contribution is 8.00. The number of hydrogen-bond donors (Lipinski definition) is 1. The first-order valence-corrected chi connectivity index (χ1v) is 9.21. The number of carbonyl (C=O) groups is 1. The van der Waals surface area contributed by atoms with Crippen LogP contribution in [0.25, 0.3) is 5.52 Å². The van der Waals surface area contributed by atoms with Crippen molar-refractivity contribution in [3.05, 3.63) is 60.4 Å². The van der Waals surface area contributed by atoms with Crippen molar-refractivity contribution < 1.29 is 18.0 Å². The number of nitrogens with one attached hydrogen (secondary N) is 1. The topological polar surface area (TPSA) is 46.4 Å². The SMILES string of the molecule is CC(C)C(Sc1ncc2ccccn12)C(=O)Nc1ccccc1C(F)(F)F. The number of rotatable bonds is 5. The minimum absolute atomic E-state index is 0.107. The number of thioether (sulfide) groups is 1. The predicted octanol–water partition coefficient (Wildman–Crippen LogP) is 5.11. The zero-order valence-electron chi connectivity index (χ0n) is 14.7. The lowest BCUT2D eigenvalue weighted by Gasteiger charge is -2.20. The van der Waals surface area contributed by atoms with Gasteiger partial charge >= 0.3 is 6.18 Å². The van der Waals surface area contributed by atoms with Crippen molar-refractivity contribution in [2.24, 2.45) is 5.92 Å². The van der Waals surface area contributed by atoms with Gasteiger partial charge in [-0.2, -0.15) is 13.2 Å². The summed E-state index contributed by atoms with van der Waals surface area (Å²) < 4.78 is 41.3. The number of carbonyl (C=O) groups excluding carboxylic acids is 1. The van der Waals surface area contributed by atoms with E-state index in [0.717, 1.165) is 11.6 Å². The summed E-state index contributed by atoms with van der Waals surface area (Å²) >= 11 is 1.23. The molecule has 1 unspecified atom stereocenters. The maximum Gasteiger partial charge on any atom is 0.418 e. The van der Waals surface area contributed by atoms with Gasteiger partial charge in [-0.15, -0.1) is 0 Å². The van der Waals surface area contributed by atoms with Gasteiger partial charge in [0.2, 0.25) is 5.91 Å². The molecular formula is C19H18F3N3OS. The van der Waals surface area contributed by atoms with E-state index in [9.17, 15) is 18.0 Å². The van der Waals surface area contributed by atoms with Crippen LogP contribution in [0.2, 0.25) is 0 Å². The Morgan fingerprint density at radius 1 is 1.15 bits per heavy atom. The predicted molar refractivity (Wildman–Crippen MR) is 99.7 cm³/mol. The van der Waals surface area contributed by atoms with E-state index in [1.807, 2.05) is 42.6 Å². The molecule has 3 aromatic rings. The summed E-state index contributed by atoms with van der Waals surface area (Å²) in [6.45, 7) is 3.70. The highest BCUT2D eigenvalue weighted by Crippen LogP contribution is 2.35. The lowest BCUT2D eigenvalue weighted by atomic mass is 10.1. The van der Waals surface area contributed by atoms with Crippen molar-refractivity contribution in [3.63, 3.8) is 0 Å². The molecule has 3 rings (SSSR count). The zero-order chi connectivity index (χ0) is 19.6. The molecule has 0 aliphatic rings. The second-order valence-corrected chi connectivity index (χ2v) is 7.46. The average molecular weight is 393 g/mol. The number of para-hydroxylation sites is 1. The molecule has 142 valence electrons. The van der Waals surface area contributed by atoms with Gasteiger partial charge in [0.05, 0.1) is 28.2 Å². The summed E-state index contributed by atoms with van der Waals surface area (Å²) in [6.07, 6.45) is -1.01. The van der Waals surface area contributed by atoms with Crippen LogP contribution < -0.4 is 5.32 Å². The smallest absolute Gasteiger partial charge is 0.325 e. The van der Waals surface area contributed by atoms with Crippen LogP contribution in [0.15, 0.2) is 60.0 Å². The first-order valence-electron chi connectivity index (χ1n) is 8.33. The van der Waals surface area contributed by atoms with Crippen LogP contribution in [0, 0.1) is 5.92 Å². The van der Waals surface area contributed by atoms with E-state index in [1.54, 1.807) is 6.20 Å². The van der Waals surface area contributed by atoms with Crippen LogP contribution in [0.1, 0.15) is 19.4 Å². The molecule has 0 bridgehead atoms. The second kappa shape index (κ2) is 7.64. The second-order valence-electron chi connectivity index (χ2n) is 6.35. The van der Waals surface area contributed by atoms with E-state index in [0.29, 0.717) is 5.16 Å². The van der Waals surface area contributed by atoms with Crippen molar-refractivity contribution >= 4 is 28.9 Å². The Morgan fingerprint density at radius 3 is 2.56 bits per heavy atom. The third-order valence-corrected chi connectivity index (χ3v) is 5.52. The molecule has 0 aliphatic heterocycles. The number of aromatic nitrogens is 2. The molecule has 0 fully saturated rings. The standard InChI is InChI=1S/C19H18F3N3OS/c1-12(2)16(27-18-23-11-13-7-5-6-10-25(13)18)17(26)24-15-9-4-3-8-14(15)19(20,21)22/h3-12,16H,1-2H3,(H,24,26). The summed E-state index contributed by atoms with van der Waals surface area (Å²) in [5, 5.41) is 2.46. The maximum absolute atomic E-state index is 13.2. The number of alkyl halides is 3. The molecule has 0 saturated carbocycles. The largest absolute Gasteiger partial charge is 0.418 e. The minimum atomic E-state index is -4.54. The van der Waals surface area contributed by atoms with Gasteiger partial charge in [-0.25, -0.2) is 4.98 Å². The van der Waals surface area contributed by atoms with Gasteiger partial charge in [0.25, 0.3) is 0 Å². The van der Waals surface area contributed by atoms with E-state index in [1.165, 1.54) is 30.0 Å². The summed E-state index contributed by atoms with van der Waals surface area (Å²) in [7, 11) is 0. The summed E-state index contributed by atoms with van der Waals surface area (Å²) in [6, 6.07) is 10.6. The number of fused-ring (bicyclic) bond motifs is 1. The number of halogens is 3. The van der Waals surface area contributed by atoms with Crippen LogP contribution in [-0.4, -0.2) is 20.5 Å². The number of hydrogen-bond acceptors (Lipinski definition) is 3. The number of amides is 1. The third-order valence-electron chi connectivity index (χ3n) is 3.99. The lowest BCUT2D eigenvalue weighted by Crippen LogP contribution is -2.30. The van der Waals surface area contributed by atoms with E-state index >= 15 is 0 Å².